The van der Waals surface area contributed by atoms with E-state index >= 15 is 0 Å². The largest absolute Gasteiger partial charge is 0.398 e. The minimum Gasteiger partial charge on any atom is -0.398 e. The van der Waals surface area contributed by atoms with Crippen LogP contribution in [0.25, 0.3) is 94.2 Å². The Morgan fingerprint density at radius 3 is 1.67 bits per heavy atom. The van der Waals surface area contributed by atoms with Crippen LogP contribution in [0.1, 0.15) is 17.0 Å². The van der Waals surface area contributed by atoms with Gasteiger partial charge in [0.15, 0.2) is 17.5 Å². The standard InChI is InChI=1S/C56H40N4/c1-2-3-4-11-32-50-58-55(39-23-9-6-10-24-39)60-56(59-50)53-46-30-18-16-28-44(46)52(45-29-17-19-31-47(45)53)49-36-40(35-37-20-7-5-8-21-37)51(43-27-15-14-26-42(43)49)48-34-33-38-22-12-13-25-41(38)54(48)57/h2-34,36H,1,35,57H2/b4-3-,32-11+. The molecule has 0 fully saturated rings. The van der Waals surface area contributed by atoms with Crippen molar-refractivity contribution in [1.82, 2.24) is 15.0 Å². The predicted molar refractivity (Wildman–Crippen MR) is 254 cm³/mol. The molecule has 0 atom stereocenters. The van der Waals surface area contributed by atoms with Gasteiger partial charge in [0.05, 0.1) is 0 Å². The van der Waals surface area contributed by atoms with Crippen LogP contribution in [-0.2, 0) is 6.42 Å². The second-order valence-corrected chi connectivity index (χ2v) is 14.9. The first-order chi connectivity index (χ1) is 29.7. The minimum absolute atomic E-state index is 0.574. The van der Waals surface area contributed by atoms with Crippen LogP contribution in [0.3, 0.4) is 0 Å². The molecule has 2 N–H and O–H groups in total. The zero-order chi connectivity index (χ0) is 40.4. The van der Waals surface area contributed by atoms with Crippen LogP contribution in [-0.4, -0.2) is 15.0 Å². The lowest BCUT2D eigenvalue weighted by Crippen LogP contribution is -2.02. The van der Waals surface area contributed by atoms with E-state index in [0.29, 0.717) is 17.5 Å². The number of hydrogen-bond donors (Lipinski definition) is 1. The van der Waals surface area contributed by atoms with Gasteiger partial charge in [-0.05, 0) is 84.1 Å². The number of nitrogens with zero attached hydrogens (tertiary/aromatic N) is 3. The quantitative estimate of drug-likeness (QED) is 0.0902. The minimum atomic E-state index is 0.574. The number of allylic oxidation sites excluding steroid dienone is 4. The summed E-state index contributed by atoms with van der Waals surface area (Å²) in [7, 11) is 0. The molecule has 0 bridgehead atoms. The van der Waals surface area contributed by atoms with Crippen molar-refractivity contribution in [3.63, 3.8) is 0 Å². The van der Waals surface area contributed by atoms with Gasteiger partial charge in [0, 0.05) is 27.8 Å². The smallest absolute Gasteiger partial charge is 0.165 e. The Balaban J connectivity index is 1.28. The summed E-state index contributed by atoms with van der Waals surface area (Å²) < 4.78 is 0. The topological polar surface area (TPSA) is 64.7 Å². The van der Waals surface area contributed by atoms with E-state index in [-0.39, 0.29) is 0 Å². The van der Waals surface area contributed by atoms with Gasteiger partial charge in [-0.3, -0.25) is 0 Å². The normalized spacial score (nSPS) is 11.7. The van der Waals surface area contributed by atoms with Gasteiger partial charge >= 0.3 is 0 Å². The van der Waals surface area contributed by atoms with Crippen molar-refractivity contribution in [1.29, 1.82) is 0 Å². The average Bonchev–Trinajstić information content (AvgIpc) is 3.30. The van der Waals surface area contributed by atoms with Crippen LogP contribution in [0.2, 0.25) is 0 Å². The summed E-state index contributed by atoms with van der Waals surface area (Å²) in [5, 5.41) is 8.87. The van der Waals surface area contributed by atoms with Crippen molar-refractivity contribution in [2.75, 3.05) is 5.73 Å². The van der Waals surface area contributed by atoms with Gasteiger partial charge in [-0.15, -0.1) is 0 Å². The Hall–Kier alpha value is -7.95. The van der Waals surface area contributed by atoms with Crippen LogP contribution >= 0.6 is 0 Å². The van der Waals surface area contributed by atoms with Crippen molar-refractivity contribution >= 4 is 54.9 Å². The lowest BCUT2D eigenvalue weighted by molar-refractivity contribution is 1.05. The Kier molecular flexibility index (Phi) is 9.57. The molecule has 0 unspecified atom stereocenters. The van der Waals surface area contributed by atoms with E-state index in [0.717, 1.165) is 83.0 Å². The maximum absolute atomic E-state index is 7.15. The van der Waals surface area contributed by atoms with Gasteiger partial charge in [0.2, 0.25) is 0 Å². The maximum Gasteiger partial charge on any atom is 0.165 e. The third-order valence-electron chi connectivity index (χ3n) is 11.3. The first-order valence-corrected chi connectivity index (χ1v) is 20.2. The van der Waals surface area contributed by atoms with Gasteiger partial charge in [0.25, 0.3) is 0 Å². The van der Waals surface area contributed by atoms with E-state index in [1.54, 1.807) is 6.08 Å². The zero-order valence-electron chi connectivity index (χ0n) is 33.0. The molecule has 4 nitrogen and oxygen atoms in total. The molecule has 284 valence electrons. The summed E-state index contributed by atoms with van der Waals surface area (Å²) >= 11 is 0. The molecule has 0 saturated carbocycles. The monoisotopic (exact) mass is 768 g/mol. The first-order valence-electron chi connectivity index (χ1n) is 20.2. The van der Waals surface area contributed by atoms with Gasteiger partial charge in [-0.2, -0.15) is 0 Å². The van der Waals surface area contributed by atoms with E-state index in [9.17, 15) is 0 Å². The highest BCUT2D eigenvalue weighted by Crippen LogP contribution is 2.48. The zero-order valence-corrected chi connectivity index (χ0v) is 33.0. The van der Waals surface area contributed by atoms with Gasteiger partial charge in [-0.1, -0.05) is 201 Å². The molecular weight excluding hydrogens is 729 g/mol. The Labute approximate surface area is 349 Å². The number of nitrogens with two attached hydrogens (primary N) is 1. The van der Waals surface area contributed by atoms with Gasteiger partial charge in [0.1, 0.15) is 0 Å². The van der Waals surface area contributed by atoms with Crippen molar-refractivity contribution in [2.24, 2.45) is 0 Å². The summed E-state index contributed by atoms with van der Waals surface area (Å²) in [6.45, 7) is 3.80. The number of fused-ring (bicyclic) bond motifs is 4. The summed E-state index contributed by atoms with van der Waals surface area (Å²) in [5.74, 6) is 1.81. The first kappa shape index (κ1) is 36.4. The van der Waals surface area contributed by atoms with Crippen molar-refractivity contribution < 1.29 is 0 Å². The molecule has 0 radical (unpaired) electrons. The Morgan fingerprint density at radius 1 is 0.450 bits per heavy atom. The van der Waals surface area contributed by atoms with Crippen LogP contribution < -0.4 is 5.73 Å². The highest BCUT2D eigenvalue weighted by atomic mass is 15.0. The molecule has 10 aromatic rings. The van der Waals surface area contributed by atoms with E-state index in [1.807, 2.05) is 54.6 Å². The lowest BCUT2D eigenvalue weighted by Gasteiger charge is -2.22. The number of hydrogen-bond acceptors (Lipinski definition) is 4. The molecule has 0 aliphatic rings. The number of anilines is 1. The van der Waals surface area contributed by atoms with E-state index in [2.05, 4.69) is 152 Å². The highest BCUT2D eigenvalue weighted by Gasteiger charge is 2.23. The fourth-order valence-electron chi connectivity index (χ4n) is 8.67. The molecule has 10 rings (SSSR count). The molecular formula is C56H40N4. The molecule has 0 amide bonds. The average molecular weight is 769 g/mol. The molecule has 0 aliphatic carbocycles. The third kappa shape index (κ3) is 6.60. The molecule has 0 saturated heterocycles. The molecule has 1 heterocycles. The van der Waals surface area contributed by atoms with E-state index in [1.165, 1.54) is 16.7 Å². The molecule has 0 aliphatic heterocycles. The fourth-order valence-corrected chi connectivity index (χ4v) is 8.67. The van der Waals surface area contributed by atoms with Gasteiger partial charge in [-0.25, -0.2) is 15.0 Å². The van der Waals surface area contributed by atoms with Crippen molar-refractivity contribution in [3.8, 4) is 45.0 Å². The second-order valence-electron chi connectivity index (χ2n) is 14.9. The molecule has 60 heavy (non-hydrogen) atoms. The third-order valence-corrected chi connectivity index (χ3v) is 11.3. The van der Waals surface area contributed by atoms with Crippen LogP contribution in [0.5, 0.6) is 0 Å². The molecule has 9 aromatic carbocycles. The van der Waals surface area contributed by atoms with Crippen molar-refractivity contribution in [3.05, 3.63) is 224 Å². The van der Waals surface area contributed by atoms with E-state index in [4.69, 9.17) is 20.7 Å². The fraction of sp³-hybridized carbons (Fsp3) is 0.0179. The van der Waals surface area contributed by atoms with Crippen LogP contribution in [0.15, 0.2) is 207 Å². The number of nitrogen functional groups attached to an aromatic ring is 1. The van der Waals surface area contributed by atoms with Gasteiger partial charge < -0.3 is 5.73 Å². The molecule has 0 spiro atoms. The highest BCUT2D eigenvalue weighted by molar-refractivity contribution is 6.24. The molecule has 1 aromatic heterocycles. The lowest BCUT2D eigenvalue weighted by atomic mass is 9.82. The molecule has 4 heteroatoms. The number of benzene rings is 9. The van der Waals surface area contributed by atoms with E-state index < -0.39 is 0 Å². The number of rotatable bonds is 9. The van der Waals surface area contributed by atoms with Crippen LogP contribution in [0, 0.1) is 0 Å². The SMILES string of the molecule is C=C/C=C\C=C\c1nc(-c2ccccc2)nc(-c2c3ccccc3c(-c3cc(Cc4ccccc4)c(-c4ccc5ccccc5c4N)c4ccccc34)c3ccccc23)n1. The Morgan fingerprint density at radius 2 is 1.00 bits per heavy atom. The Bertz CT molecular complexity index is 3250. The summed E-state index contributed by atoms with van der Waals surface area (Å²) in [4.78, 5) is 15.2. The number of aromatic nitrogens is 3. The summed E-state index contributed by atoms with van der Waals surface area (Å²) in [5.41, 5.74) is 16.8. The summed E-state index contributed by atoms with van der Waals surface area (Å²) in [6.07, 6.45) is 10.1. The van der Waals surface area contributed by atoms with Crippen molar-refractivity contribution in [2.45, 2.75) is 6.42 Å². The maximum atomic E-state index is 7.15. The summed E-state index contributed by atoms with van der Waals surface area (Å²) in [6, 6.07) is 62.2. The van der Waals surface area contributed by atoms with Crippen LogP contribution in [0.4, 0.5) is 5.69 Å². The second kappa shape index (κ2) is 15.8. The predicted octanol–water partition coefficient (Wildman–Crippen LogP) is 14.1.